The Morgan fingerprint density at radius 1 is 1.08 bits per heavy atom. The molecule has 1 unspecified atom stereocenters. The van der Waals surface area contributed by atoms with Crippen molar-refractivity contribution in [3.8, 4) is 34.4 Å². The van der Waals surface area contributed by atoms with E-state index in [1.807, 2.05) is 38.3 Å². The number of nitrogens with one attached hydrogen (secondary N) is 2. The highest BCUT2D eigenvalue weighted by molar-refractivity contribution is 7.10. The molecule has 4 aromatic rings. The van der Waals surface area contributed by atoms with Gasteiger partial charge in [0, 0.05) is 105 Å². The van der Waals surface area contributed by atoms with Gasteiger partial charge in [0.05, 0.1) is 58.3 Å². The van der Waals surface area contributed by atoms with E-state index in [-0.39, 0.29) is 43.4 Å². The number of aryl methyl sites for hydroxylation is 1. The summed E-state index contributed by atoms with van der Waals surface area (Å²) in [7, 11) is 3.73. The second-order valence-electron chi connectivity index (χ2n) is 20.9. The van der Waals surface area contributed by atoms with Crippen LogP contribution in [0.1, 0.15) is 82.7 Å². The van der Waals surface area contributed by atoms with Crippen molar-refractivity contribution in [1.29, 1.82) is 0 Å². The summed E-state index contributed by atoms with van der Waals surface area (Å²) >= 11 is 1.41. The minimum Gasteiger partial charge on any atom is -0.379 e. The van der Waals surface area contributed by atoms with E-state index >= 15 is 0 Å². The number of carbonyl (C=O) groups excluding carboxylic acids is 4. The number of hydrazine groups is 1. The smallest absolute Gasteiger partial charge is 0.326 e. The van der Waals surface area contributed by atoms with E-state index < -0.39 is 40.9 Å². The van der Waals surface area contributed by atoms with Gasteiger partial charge in [-0.3, -0.25) is 34.1 Å². The molecule has 4 amide bonds. The summed E-state index contributed by atoms with van der Waals surface area (Å²) in [6.45, 7) is 14.6. The molecule has 71 heavy (non-hydrogen) atoms. The molecule has 8 heterocycles. The maximum atomic E-state index is 14.8. The summed E-state index contributed by atoms with van der Waals surface area (Å²) in [6, 6.07) is 8.32. The molecule has 3 aromatic heterocycles. The standard InChI is InChI=1S/C52H66N10O8S/c1-33(2)46(60-22-17-52(50(60)66)16-21-59(31-52)44(63)13-10-19-58-23-25-69-26-24-58)48(64)55-39-28-43-54-40(30-71-43)35-14-15-41-37(27-35)38(47(57(41)6)36-11-8-18-53-45(36)34(3)68-7)29-51(4,5)32-70-62(67)42-12-9-20-61(56-42)49(39)65/h8,11,14-15,18,27,30,33-34,39,42,46,56H,9,12,16-17,19-26,28-29,31-32H2,1-7H3/p+1/t34-,39-,42+,46-,52?/m0/s1. The number of ether oxygens (including phenoxy) is 2. The summed E-state index contributed by atoms with van der Waals surface area (Å²) in [5, 5.41) is 8.12. The van der Waals surface area contributed by atoms with Gasteiger partial charge in [0.25, 0.3) is 11.8 Å². The number of benzene rings is 1. The van der Waals surface area contributed by atoms with Crippen LogP contribution >= 0.6 is 11.3 Å². The van der Waals surface area contributed by atoms with Crippen LogP contribution in [0.5, 0.6) is 0 Å². The number of aromatic nitrogens is 3. The lowest BCUT2D eigenvalue weighted by Crippen LogP contribution is -2.62. The van der Waals surface area contributed by atoms with E-state index in [9.17, 15) is 24.1 Å². The predicted octanol–water partition coefficient (Wildman–Crippen LogP) is 4.66. The molecular weight excluding hydrogens is 925 g/mol. The zero-order chi connectivity index (χ0) is 50.2. The molecule has 378 valence electrons. The van der Waals surface area contributed by atoms with Crippen molar-refractivity contribution in [3.63, 3.8) is 0 Å². The van der Waals surface area contributed by atoms with Gasteiger partial charge in [-0.15, -0.1) is 11.3 Å². The third kappa shape index (κ3) is 10.3. The Hall–Kier alpha value is -5.78. The van der Waals surface area contributed by atoms with Crippen molar-refractivity contribution in [2.45, 2.75) is 97.5 Å². The van der Waals surface area contributed by atoms with Crippen LogP contribution in [-0.2, 0) is 53.4 Å². The second kappa shape index (κ2) is 20.7. The molecular formula is C52H67N10O8S+. The van der Waals surface area contributed by atoms with Gasteiger partial charge in [-0.25, -0.2) is 9.82 Å². The third-order valence-electron chi connectivity index (χ3n) is 14.9. The summed E-state index contributed by atoms with van der Waals surface area (Å²) in [4.78, 5) is 93.0. The Kier molecular flexibility index (Phi) is 14.7. The monoisotopic (exact) mass is 991 g/mol. The molecule has 1 aromatic carbocycles. The first-order valence-electron chi connectivity index (χ1n) is 25.0. The third-order valence-corrected chi connectivity index (χ3v) is 15.8. The maximum absolute atomic E-state index is 14.8. The number of likely N-dealkylation sites (tertiary alicyclic amines) is 2. The van der Waals surface area contributed by atoms with Gasteiger partial charge >= 0.3 is 6.17 Å². The Morgan fingerprint density at radius 2 is 1.87 bits per heavy atom. The molecule has 9 rings (SSSR count). The van der Waals surface area contributed by atoms with Gasteiger partial charge in [0.2, 0.25) is 16.7 Å². The van der Waals surface area contributed by atoms with Crippen LogP contribution in [0.15, 0.2) is 41.9 Å². The zero-order valence-electron chi connectivity index (χ0n) is 42.0. The first kappa shape index (κ1) is 50.2. The lowest BCUT2D eigenvalue weighted by molar-refractivity contribution is -0.835. The molecule has 5 aliphatic rings. The first-order chi connectivity index (χ1) is 34.1. The summed E-state index contributed by atoms with van der Waals surface area (Å²) < 4.78 is 13.4. The minimum absolute atomic E-state index is 0.0701. The summed E-state index contributed by atoms with van der Waals surface area (Å²) in [5.74, 6) is 4.13. The number of carbonyl (C=O) groups is 4. The fraction of sp³-hybridized carbons (Fsp3) is 0.577. The molecule has 5 atom stereocenters. The van der Waals surface area contributed by atoms with Crippen molar-refractivity contribution in [1.82, 2.24) is 45.0 Å². The molecule has 0 radical (unpaired) electrons. The van der Waals surface area contributed by atoms with E-state index in [1.54, 1.807) is 23.1 Å². The molecule has 0 aliphatic carbocycles. The fourth-order valence-corrected chi connectivity index (χ4v) is 11.8. The van der Waals surface area contributed by atoms with Gasteiger partial charge < -0.3 is 29.2 Å². The van der Waals surface area contributed by atoms with E-state index in [0.29, 0.717) is 81.4 Å². The number of hydrogen-bond acceptors (Lipinski definition) is 13. The highest BCUT2D eigenvalue weighted by Gasteiger charge is 2.54. The number of morpholine rings is 1. The van der Waals surface area contributed by atoms with Crippen molar-refractivity contribution >= 4 is 45.9 Å². The highest BCUT2D eigenvalue weighted by Crippen LogP contribution is 2.43. The molecule has 1 spiro atoms. The van der Waals surface area contributed by atoms with E-state index in [1.165, 1.54) is 16.3 Å². The van der Waals surface area contributed by atoms with E-state index in [4.69, 9.17) is 24.3 Å². The maximum Gasteiger partial charge on any atom is 0.326 e. The average molecular weight is 992 g/mol. The largest absolute Gasteiger partial charge is 0.379 e. The number of pyridine rings is 1. The van der Waals surface area contributed by atoms with Crippen LogP contribution in [0.25, 0.3) is 33.4 Å². The molecule has 6 bridgehead atoms. The molecule has 4 fully saturated rings. The van der Waals surface area contributed by atoms with Crippen molar-refractivity contribution < 1.29 is 38.4 Å². The Bertz CT molecular complexity index is 2760. The van der Waals surface area contributed by atoms with Crippen molar-refractivity contribution in [2.75, 3.05) is 72.7 Å². The Morgan fingerprint density at radius 3 is 2.65 bits per heavy atom. The summed E-state index contributed by atoms with van der Waals surface area (Å²) in [5.41, 5.74) is 8.24. The van der Waals surface area contributed by atoms with Gasteiger partial charge in [0.15, 0.2) is 6.61 Å². The Balaban J connectivity index is 1.000. The lowest BCUT2D eigenvalue weighted by Gasteiger charge is -2.35. The van der Waals surface area contributed by atoms with Crippen LogP contribution in [0.4, 0.5) is 0 Å². The molecule has 4 saturated heterocycles. The fourth-order valence-electron chi connectivity index (χ4n) is 11.0. The van der Waals surface area contributed by atoms with Gasteiger partial charge in [0.1, 0.15) is 12.1 Å². The second-order valence-corrected chi connectivity index (χ2v) is 21.8. The normalized spacial score (nSPS) is 23.9. The SMILES string of the molecule is CO[C@@H](C)c1ncccc1-c1c2c3cc(ccc3n1C)-c1csc(n1)C[C@H](NC(=O)[C@H](C(C)C)N1CCC3(CCN(C(=O)C#CCN4CCOCC4)C3)C1=O)C(=O)N1CCC[C@H](N1)[N+](=O)OCC(C)(C)C2. The summed E-state index contributed by atoms with van der Waals surface area (Å²) in [6.07, 6.45) is 3.20. The lowest BCUT2D eigenvalue weighted by atomic mass is 9.84. The first-order valence-corrected chi connectivity index (χ1v) is 25.8. The van der Waals surface area contributed by atoms with Gasteiger partial charge in [-0.2, -0.15) is 5.43 Å². The molecule has 18 nitrogen and oxygen atoms in total. The van der Waals surface area contributed by atoms with Crippen LogP contribution in [0.3, 0.4) is 0 Å². The molecule has 19 heteroatoms. The minimum atomic E-state index is -1.09. The zero-order valence-corrected chi connectivity index (χ0v) is 42.8. The van der Waals surface area contributed by atoms with Crippen molar-refractivity contribution in [3.05, 3.63) is 63.1 Å². The number of methoxy groups -OCH3 is 1. The highest BCUT2D eigenvalue weighted by atomic mass is 32.1. The number of nitrogens with zero attached hydrogens (tertiary/aromatic N) is 8. The van der Waals surface area contributed by atoms with Crippen LogP contribution in [-0.4, -0.2) is 154 Å². The number of rotatable bonds is 8. The van der Waals surface area contributed by atoms with Gasteiger partial charge in [-0.1, -0.05) is 39.7 Å². The Labute approximate surface area is 419 Å². The topological polar surface area (TPSA) is 184 Å². The van der Waals surface area contributed by atoms with Crippen LogP contribution in [0.2, 0.25) is 0 Å². The van der Waals surface area contributed by atoms with E-state index in [2.05, 4.69) is 71.1 Å². The number of fused-ring (bicyclic) bond motifs is 6. The van der Waals surface area contributed by atoms with Crippen molar-refractivity contribution in [2.24, 2.45) is 23.8 Å². The quantitative estimate of drug-likeness (QED) is 0.234. The van der Waals surface area contributed by atoms with Gasteiger partial charge in [-0.05, 0) is 74.3 Å². The number of hydrogen-bond donors (Lipinski definition) is 2. The predicted molar refractivity (Wildman–Crippen MR) is 267 cm³/mol. The van der Waals surface area contributed by atoms with Crippen LogP contribution in [0, 0.1) is 33.5 Å². The molecule has 0 saturated carbocycles. The van der Waals surface area contributed by atoms with E-state index in [0.717, 1.165) is 57.8 Å². The number of thiazole rings is 1. The van der Waals surface area contributed by atoms with Crippen LogP contribution < -0.4 is 10.7 Å². The molecule has 5 aliphatic heterocycles. The molecule has 2 N–H and O–H groups in total. The average Bonchev–Trinajstić information content (AvgIpc) is 4.16. The number of amides is 4.